The third-order valence-electron chi connectivity index (χ3n) is 4.91. The highest BCUT2D eigenvalue weighted by Gasteiger charge is 2.46. The van der Waals surface area contributed by atoms with E-state index in [0.717, 1.165) is 5.56 Å². The number of hydrogen-bond donors (Lipinski definition) is 0. The summed E-state index contributed by atoms with van der Waals surface area (Å²) in [7, 11) is 0. The molecule has 1 aromatic carbocycles. The Morgan fingerprint density at radius 2 is 2.04 bits per heavy atom. The van der Waals surface area contributed by atoms with Gasteiger partial charge in [-0.25, -0.2) is 0 Å². The molecule has 6 heteroatoms. The third kappa shape index (κ3) is 2.65. The van der Waals surface area contributed by atoms with E-state index in [9.17, 15) is 9.59 Å². The summed E-state index contributed by atoms with van der Waals surface area (Å²) in [4.78, 5) is 25.3. The maximum atomic E-state index is 12.7. The van der Waals surface area contributed by atoms with Crippen molar-refractivity contribution in [1.82, 2.24) is 0 Å². The molecule has 0 saturated carbocycles. The minimum absolute atomic E-state index is 0.0440. The molecule has 3 aliphatic rings. The molecule has 0 saturated heterocycles. The normalized spacial score (nSPS) is 27.1. The van der Waals surface area contributed by atoms with Gasteiger partial charge in [0, 0.05) is 24.3 Å². The maximum Gasteiger partial charge on any atom is 0.317 e. The van der Waals surface area contributed by atoms with Crippen LogP contribution in [0, 0.1) is 5.92 Å². The Bertz CT molecular complexity index is 765. The molecule has 0 N–H and O–H groups in total. The lowest BCUT2D eigenvalue weighted by Crippen LogP contribution is -2.33. The van der Waals surface area contributed by atoms with E-state index in [1.54, 1.807) is 6.92 Å². The van der Waals surface area contributed by atoms with Crippen molar-refractivity contribution in [3.8, 4) is 11.5 Å². The van der Waals surface area contributed by atoms with Gasteiger partial charge in [0.1, 0.15) is 11.7 Å². The van der Waals surface area contributed by atoms with Crippen molar-refractivity contribution in [2.24, 2.45) is 5.92 Å². The van der Waals surface area contributed by atoms with Crippen molar-refractivity contribution in [3.63, 3.8) is 0 Å². The molecule has 0 amide bonds. The first kappa shape index (κ1) is 16.0. The van der Waals surface area contributed by atoms with Crippen LogP contribution in [0.4, 0.5) is 0 Å². The van der Waals surface area contributed by atoms with Crippen LogP contribution in [-0.4, -0.2) is 31.3 Å². The lowest BCUT2D eigenvalue weighted by molar-refractivity contribution is -0.149. The molecule has 2 heterocycles. The largest absolute Gasteiger partial charge is 0.493 e. The first-order valence-corrected chi connectivity index (χ1v) is 8.57. The molecule has 0 fully saturated rings. The lowest BCUT2D eigenvalue weighted by Gasteiger charge is -2.30. The van der Waals surface area contributed by atoms with Crippen molar-refractivity contribution in [2.75, 3.05) is 13.4 Å². The molecule has 2 aliphatic heterocycles. The molecule has 4 rings (SSSR count). The van der Waals surface area contributed by atoms with Crippen LogP contribution in [0.1, 0.15) is 38.2 Å². The Labute approximate surface area is 145 Å². The van der Waals surface area contributed by atoms with Gasteiger partial charge in [0.15, 0.2) is 17.3 Å². The Morgan fingerprint density at radius 3 is 2.84 bits per heavy atom. The first-order chi connectivity index (χ1) is 12.1. The molecule has 0 radical (unpaired) electrons. The highest BCUT2D eigenvalue weighted by Crippen LogP contribution is 2.47. The number of ketones is 1. The molecule has 132 valence electrons. The summed E-state index contributed by atoms with van der Waals surface area (Å²) < 4.78 is 21.9. The summed E-state index contributed by atoms with van der Waals surface area (Å²) >= 11 is 0. The third-order valence-corrected chi connectivity index (χ3v) is 4.91. The minimum Gasteiger partial charge on any atom is -0.493 e. The van der Waals surface area contributed by atoms with Gasteiger partial charge in [-0.15, -0.1) is 0 Å². The number of ether oxygens (including phenoxy) is 4. The Balaban J connectivity index is 1.75. The molecule has 3 atom stereocenters. The molecular formula is C19H20O6. The number of Topliss-reactive ketones (excluding diaryl/α,β-unsaturated/α-hetero) is 1. The standard InChI is InChI=1S/C19H20O6/c1-3-22-19(21)17-12(8-14(20)13-6-10(2)25-18(13)17)11-4-5-15-16(7-11)24-9-23-15/h4-5,7,10,12,17H,3,6,8-9H2,1-2H3. The Hall–Kier alpha value is -2.50. The highest BCUT2D eigenvalue weighted by atomic mass is 16.7. The van der Waals surface area contributed by atoms with Gasteiger partial charge in [-0.2, -0.15) is 0 Å². The summed E-state index contributed by atoms with van der Waals surface area (Å²) in [5, 5.41) is 0. The number of carbonyl (C=O) groups is 2. The lowest BCUT2D eigenvalue weighted by atomic mass is 9.74. The average molecular weight is 344 g/mol. The van der Waals surface area contributed by atoms with Gasteiger partial charge in [-0.1, -0.05) is 6.07 Å². The zero-order chi connectivity index (χ0) is 17.6. The van der Waals surface area contributed by atoms with Crippen molar-refractivity contribution in [3.05, 3.63) is 35.1 Å². The van der Waals surface area contributed by atoms with Gasteiger partial charge in [-0.3, -0.25) is 9.59 Å². The minimum atomic E-state index is -0.599. The van der Waals surface area contributed by atoms with Crippen LogP contribution in [0.2, 0.25) is 0 Å². The summed E-state index contributed by atoms with van der Waals surface area (Å²) in [5.74, 6) is 0.562. The zero-order valence-electron chi connectivity index (χ0n) is 14.2. The zero-order valence-corrected chi connectivity index (χ0v) is 14.2. The maximum absolute atomic E-state index is 12.7. The van der Waals surface area contributed by atoms with E-state index in [-0.39, 0.29) is 43.6 Å². The highest BCUT2D eigenvalue weighted by molar-refractivity contribution is 6.00. The van der Waals surface area contributed by atoms with E-state index in [4.69, 9.17) is 18.9 Å². The topological polar surface area (TPSA) is 71.1 Å². The van der Waals surface area contributed by atoms with E-state index in [1.807, 2.05) is 25.1 Å². The number of esters is 1. The number of benzene rings is 1. The Kier molecular flexibility index (Phi) is 3.90. The fourth-order valence-corrected chi connectivity index (χ4v) is 3.81. The van der Waals surface area contributed by atoms with E-state index >= 15 is 0 Å². The van der Waals surface area contributed by atoms with Gasteiger partial charge in [-0.05, 0) is 31.5 Å². The summed E-state index contributed by atoms with van der Waals surface area (Å²) in [5.41, 5.74) is 1.49. The second-order valence-electron chi connectivity index (χ2n) is 6.55. The summed E-state index contributed by atoms with van der Waals surface area (Å²) in [6.07, 6.45) is 0.720. The van der Waals surface area contributed by atoms with Crippen LogP contribution in [0.3, 0.4) is 0 Å². The van der Waals surface area contributed by atoms with Gasteiger partial charge < -0.3 is 18.9 Å². The van der Waals surface area contributed by atoms with Crippen molar-refractivity contribution >= 4 is 11.8 Å². The molecule has 1 aliphatic carbocycles. The SMILES string of the molecule is CCOC(=O)C1C2=C(CC(C)O2)C(=O)CC1c1ccc2c(c1)OCO2. The molecule has 25 heavy (non-hydrogen) atoms. The second-order valence-corrected chi connectivity index (χ2v) is 6.55. The molecule has 1 aromatic rings. The molecule has 0 aromatic heterocycles. The smallest absolute Gasteiger partial charge is 0.317 e. The monoisotopic (exact) mass is 344 g/mol. The van der Waals surface area contributed by atoms with Crippen LogP contribution in [-0.2, 0) is 19.1 Å². The number of rotatable bonds is 3. The van der Waals surface area contributed by atoms with Crippen LogP contribution in [0.25, 0.3) is 0 Å². The van der Waals surface area contributed by atoms with Gasteiger partial charge >= 0.3 is 5.97 Å². The van der Waals surface area contributed by atoms with Crippen molar-refractivity contribution in [1.29, 1.82) is 0 Å². The molecular weight excluding hydrogens is 324 g/mol. The predicted octanol–water partition coefficient (Wildman–Crippen LogP) is 2.71. The predicted molar refractivity (Wildman–Crippen MR) is 87.2 cm³/mol. The van der Waals surface area contributed by atoms with Crippen LogP contribution >= 0.6 is 0 Å². The quantitative estimate of drug-likeness (QED) is 0.785. The van der Waals surface area contributed by atoms with E-state index in [2.05, 4.69) is 0 Å². The summed E-state index contributed by atoms with van der Waals surface area (Å²) in [6.45, 7) is 4.15. The fourth-order valence-electron chi connectivity index (χ4n) is 3.81. The second kappa shape index (κ2) is 6.10. The molecule has 3 unspecified atom stereocenters. The van der Waals surface area contributed by atoms with Crippen molar-refractivity contribution < 1.29 is 28.5 Å². The van der Waals surface area contributed by atoms with Crippen molar-refractivity contribution in [2.45, 2.75) is 38.7 Å². The number of hydrogen-bond acceptors (Lipinski definition) is 6. The molecule has 0 spiro atoms. The number of carbonyl (C=O) groups excluding carboxylic acids is 2. The van der Waals surface area contributed by atoms with Crippen LogP contribution < -0.4 is 9.47 Å². The van der Waals surface area contributed by atoms with Crippen LogP contribution in [0.5, 0.6) is 11.5 Å². The molecule has 0 bridgehead atoms. The van der Waals surface area contributed by atoms with Gasteiger partial charge in [0.05, 0.1) is 12.7 Å². The van der Waals surface area contributed by atoms with E-state index in [0.29, 0.717) is 29.3 Å². The van der Waals surface area contributed by atoms with E-state index in [1.165, 1.54) is 0 Å². The van der Waals surface area contributed by atoms with Gasteiger partial charge in [0.2, 0.25) is 6.79 Å². The average Bonchev–Trinajstić information content (AvgIpc) is 3.20. The van der Waals surface area contributed by atoms with Gasteiger partial charge in [0.25, 0.3) is 0 Å². The molecule has 6 nitrogen and oxygen atoms in total. The van der Waals surface area contributed by atoms with E-state index < -0.39 is 5.92 Å². The summed E-state index contributed by atoms with van der Waals surface area (Å²) in [6, 6.07) is 5.53. The van der Waals surface area contributed by atoms with Crippen LogP contribution in [0.15, 0.2) is 29.5 Å². The fraction of sp³-hybridized carbons (Fsp3) is 0.474. The number of fused-ring (bicyclic) bond motifs is 1. The first-order valence-electron chi connectivity index (χ1n) is 8.57. The Morgan fingerprint density at radius 1 is 1.24 bits per heavy atom.